The molecule has 0 aromatic heterocycles. The zero-order valence-electron chi connectivity index (χ0n) is 11.3. The van der Waals surface area contributed by atoms with Gasteiger partial charge in [-0.1, -0.05) is 30.4 Å². The van der Waals surface area contributed by atoms with Crippen LogP contribution in [0.4, 0.5) is 10.5 Å². The lowest BCUT2D eigenvalue weighted by atomic mass is 10.1. The van der Waals surface area contributed by atoms with Crippen molar-refractivity contribution < 1.29 is 9.53 Å². The number of benzene rings is 1. The maximum atomic E-state index is 12.1. The van der Waals surface area contributed by atoms with Crippen molar-refractivity contribution in [2.24, 2.45) is 4.99 Å². The number of rotatable bonds is 2. The van der Waals surface area contributed by atoms with E-state index in [0.29, 0.717) is 11.3 Å². The maximum absolute atomic E-state index is 12.1. The SMILES string of the molecule is C/C=C/C=C1\C(=N)N(c2ccccc2)C(=O)N=C1OC. The molecular formula is C15H15N3O2. The van der Waals surface area contributed by atoms with Gasteiger partial charge in [-0.3, -0.25) is 5.41 Å². The number of amides is 2. The quantitative estimate of drug-likeness (QED) is 0.896. The fourth-order valence-corrected chi connectivity index (χ4v) is 1.83. The number of carbonyl (C=O) groups is 1. The van der Waals surface area contributed by atoms with Gasteiger partial charge in [-0.15, -0.1) is 0 Å². The molecule has 0 fully saturated rings. The van der Waals surface area contributed by atoms with E-state index in [1.54, 1.807) is 36.4 Å². The van der Waals surface area contributed by atoms with Crippen LogP contribution in [0, 0.1) is 5.41 Å². The number of carbonyl (C=O) groups excluding carboxylic acids is 1. The lowest BCUT2D eigenvalue weighted by Crippen LogP contribution is -2.42. The topological polar surface area (TPSA) is 65.8 Å². The number of methoxy groups -OCH3 is 1. The van der Waals surface area contributed by atoms with Crippen LogP contribution >= 0.6 is 0 Å². The van der Waals surface area contributed by atoms with E-state index in [-0.39, 0.29) is 11.7 Å². The first kappa shape index (κ1) is 13.7. The van der Waals surface area contributed by atoms with Crippen molar-refractivity contribution >= 4 is 23.5 Å². The minimum atomic E-state index is -0.532. The molecule has 1 aliphatic rings. The van der Waals surface area contributed by atoms with Crippen LogP contribution in [0.5, 0.6) is 0 Å². The minimum absolute atomic E-state index is 0.0474. The van der Waals surface area contributed by atoms with Crippen molar-refractivity contribution in [3.8, 4) is 0 Å². The molecule has 1 aromatic rings. The Balaban J connectivity index is 2.50. The van der Waals surface area contributed by atoms with Crippen molar-refractivity contribution in [2.45, 2.75) is 6.92 Å². The van der Waals surface area contributed by atoms with Crippen LogP contribution in [-0.2, 0) is 4.74 Å². The molecule has 1 aliphatic heterocycles. The molecule has 20 heavy (non-hydrogen) atoms. The predicted molar refractivity (Wildman–Crippen MR) is 79.4 cm³/mol. The lowest BCUT2D eigenvalue weighted by molar-refractivity contribution is 0.255. The van der Waals surface area contributed by atoms with Crippen molar-refractivity contribution in [1.82, 2.24) is 0 Å². The van der Waals surface area contributed by atoms with E-state index < -0.39 is 6.03 Å². The van der Waals surface area contributed by atoms with Crippen LogP contribution in [0.3, 0.4) is 0 Å². The summed E-state index contributed by atoms with van der Waals surface area (Å²) in [6.45, 7) is 1.87. The van der Waals surface area contributed by atoms with Gasteiger partial charge in [-0.25, -0.2) is 9.69 Å². The van der Waals surface area contributed by atoms with Gasteiger partial charge in [-0.2, -0.15) is 4.99 Å². The van der Waals surface area contributed by atoms with Crippen molar-refractivity contribution in [3.63, 3.8) is 0 Å². The molecule has 0 saturated heterocycles. The minimum Gasteiger partial charge on any atom is -0.480 e. The molecule has 1 aromatic carbocycles. The van der Waals surface area contributed by atoms with E-state index in [1.807, 2.05) is 19.1 Å². The third-order valence-electron chi connectivity index (χ3n) is 2.76. The maximum Gasteiger partial charge on any atom is 0.357 e. The van der Waals surface area contributed by atoms with E-state index in [2.05, 4.69) is 4.99 Å². The molecule has 0 unspecified atom stereocenters. The number of anilines is 1. The van der Waals surface area contributed by atoms with Gasteiger partial charge in [0.05, 0.1) is 18.4 Å². The number of urea groups is 1. The zero-order valence-corrected chi connectivity index (χ0v) is 11.3. The molecule has 2 amide bonds. The Labute approximate surface area is 117 Å². The smallest absolute Gasteiger partial charge is 0.357 e. The second kappa shape index (κ2) is 5.97. The zero-order chi connectivity index (χ0) is 14.5. The molecule has 5 nitrogen and oxygen atoms in total. The van der Waals surface area contributed by atoms with Crippen LogP contribution in [0.2, 0.25) is 0 Å². The predicted octanol–water partition coefficient (Wildman–Crippen LogP) is 3.15. The fourth-order valence-electron chi connectivity index (χ4n) is 1.83. The van der Waals surface area contributed by atoms with Gasteiger partial charge in [0.15, 0.2) is 0 Å². The molecule has 1 N–H and O–H groups in total. The number of ether oxygens (including phenoxy) is 1. The standard InChI is InChI=1S/C15H15N3O2/c1-3-4-10-12-13(16)18(11-8-6-5-7-9-11)15(19)17-14(12)20-2/h3-10,16H,1-2H3/b4-3+,12-10+,16-13?. The Morgan fingerprint density at radius 2 is 2.00 bits per heavy atom. The summed E-state index contributed by atoms with van der Waals surface area (Å²) in [6.07, 6.45) is 5.31. The Kier molecular flexibility index (Phi) is 4.10. The third-order valence-corrected chi connectivity index (χ3v) is 2.76. The molecule has 0 spiro atoms. The fraction of sp³-hybridized carbons (Fsp3) is 0.133. The second-order valence-electron chi connectivity index (χ2n) is 4.03. The molecule has 0 aliphatic carbocycles. The normalized spacial score (nSPS) is 17.8. The molecule has 0 saturated carbocycles. The Bertz CT molecular complexity index is 615. The molecule has 2 rings (SSSR count). The average molecular weight is 269 g/mol. The van der Waals surface area contributed by atoms with Gasteiger partial charge in [-0.05, 0) is 25.1 Å². The Morgan fingerprint density at radius 1 is 1.30 bits per heavy atom. The largest absolute Gasteiger partial charge is 0.480 e. The summed E-state index contributed by atoms with van der Waals surface area (Å²) in [7, 11) is 1.43. The van der Waals surface area contributed by atoms with Crippen molar-refractivity contribution in [1.29, 1.82) is 5.41 Å². The number of hydrogen-bond donors (Lipinski definition) is 1. The lowest BCUT2D eigenvalue weighted by Gasteiger charge is -2.26. The molecule has 1 heterocycles. The molecule has 0 atom stereocenters. The van der Waals surface area contributed by atoms with Gasteiger partial charge in [0.25, 0.3) is 0 Å². The van der Waals surface area contributed by atoms with Gasteiger partial charge in [0.2, 0.25) is 5.90 Å². The van der Waals surface area contributed by atoms with Gasteiger partial charge in [0.1, 0.15) is 5.84 Å². The third kappa shape index (κ3) is 2.51. The van der Waals surface area contributed by atoms with Gasteiger partial charge in [0, 0.05) is 0 Å². The van der Waals surface area contributed by atoms with E-state index in [0.717, 1.165) is 0 Å². The summed E-state index contributed by atoms with van der Waals surface area (Å²) in [6, 6.07) is 8.44. The summed E-state index contributed by atoms with van der Waals surface area (Å²) < 4.78 is 5.09. The van der Waals surface area contributed by atoms with Crippen LogP contribution < -0.4 is 4.90 Å². The molecule has 5 heteroatoms. The Hall–Kier alpha value is -2.69. The summed E-state index contributed by atoms with van der Waals surface area (Å²) in [5, 5.41) is 8.23. The summed E-state index contributed by atoms with van der Waals surface area (Å²) in [4.78, 5) is 17.2. The summed E-state index contributed by atoms with van der Waals surface area (Å²) >= 11 is 0. The average Bonchev–Trinajstić information content (AvgIpc) is 2.47. The number of allylic oxidation sites excluding steroid dienone is 3. The number of para-hydroxylation sites is 1. The highest BCUT2D eigenvalue weighted by Crippen LogP contribution is 2.22. The van der Waals surface area contributed by atoms with Crippen molar-refractivity contribution in [3.05, 3.63) is 54.1 Å². The first-order chi connectivity index (χ1) is 9.69. The van der Waals surface area contributed by atoms with Crippen LogP contribution in [0.25, 0.3) is 0 Å². The highest BCUT2D eigenvalue weighted by Gasteiger charge is 2.31. The van der Waals surface area contributed by atoms with E-state index in [9.17, 15) is 4.79 Å². The number of aliphatic imine (C=N–C) groups is 1. The molecule has 0 bridgehead atoms. The van der Waals surface area contributed by atoms with Crippen LogP contribution in [0.1, 0.15) is 6.92 Å². The van der Waals surface area contributed by atoms with E-state index >= 15 is 0 Å². The Morgan fingerprint density at radius 3 is 2.60 bits per heavy atom. The highest BCUT2D eigenvalue weighted by atomic mass is 16.5. The van der Waals surface area contributed by atoms with Crippen molar-refractivity contribution in [2.75, 3.05) is 12.0 Å². The molecule has 102 valence electrons. The summed E-state index contributed by atoms with van der Waals surface area (Å²) in [5.74, 6) is 0.205. The van der Waals surface area contributed by atoms with Crippen LogP contribution in [0.15, 0.2) is 59.1 Å². The van der Waals surface area contributed by atoms with E-state index in [4.69, 9.17) is 10.1 Å². The highest BCUT2D eigenvalue weighted by molar-refractivity contribution is 6.36. The summed E-state index contributed by atoms with van der Waals surface area (Å²) in [5.41, 5.74) is 1.07. The second-order valence-corrected chi connectivity index (χ2v) is 4.03. The first-order valence-electron chi connectivity index (χ1n) is 6.13. The van der Waals surface area contributed by atoms with E-state index in [1.165, 1.54) is 12.0 Å². The molecular weight excluding hydrogens is 254 g/mol. The number of nitrogens with zero attached hydrogens (tertiary/aromatic N) is 2. The number of nitrogens with one attached hydrogen (secondary N) is 1. The monoisotopic (exact) mass is 269 g/mol. The number of amidine groups is 1. The van der Waals surface area contributed by atoms with Gasteiger partial charge < -0.3 is 4.74 Å². The first-order valence-corrected chi connectivity index (χ1v) is 6.13. The number of hydrogen-bond acceptors (Lipinski definition) is 3. The molecule has 0 radical (unpaired) electrons. The van der Waals surface area contributed by atoms with Crippen LogP contribution in [-0.4, -0.2) is 24.9 Å². The van der Waals surface area contributed by atoms with Gasteiger partial charge >= 0.3 is 6.03 Å².